The van der Waals surface area contributed by atoms with E-state index < -0.39 is 5.54 Å². The monoisotopic (exact) mass is 311 g/mol. The maximum absolute atomic E-state index is 12.5. The number of rotatable bonds is 5. The molecule has 4 heteroatoms. The molecule has 1 aromatic carbocycles. The number of nitrogens with zero attached hydrogens (tertiary/aromatic N) is 1. The second-order valence-electron chi connectivity index (χ2n) is 6.55. The first-order valence-electron chi connectivity index (χ1n) is 7.83. The van der Waals surface area contributed by atoms with Crippen molar-refractivity contribution in [1.29, 1.82) is 0 Å². The summed E-state index contributed by atoms with van der Waals surface area (Å²) in [6, 6.07) is 10.0. The number of nitrogens with one attached hydrogen (secondary N) is 2. The van der Waals surface area contributed by atoms with Gasteiger partial charge in [-0.1, -0.05) is 17.7 Å². The topological polar surface area (TPSA) is 54.0 Å². The Morgan fingerprint density at radius 2 is 1.78 bits per heavy atom. The van der Waals surface area contributed by atoms with E-state index in [1.165, 1.54) is 5.56 Å². The van der Waals surface area contributed by atoms with Crippen LogP contribution in [0.1, 0.15) is 36.2 Å². The summed E-state index contributed by atoms with van der Waals surface area (Å²) in [6.45, 7) is 10.3. The van der Waals surface area contributed by atoms with Gasteiger partial charge in [-0.25, -0.2) is 0 Å². The molecule has 0 atom stereocenters. The van der Waals surface area contributed by atoms with Crippen molar-refractivity contribution in [3.63, 3.8) is 0 Å². The molecule has 0 unspecified atom stereocenters. The fraction of sp³-hybridized carbons (Fsp3) is 0.368. The Hall–Kier alpha value is -2.36. The third kappa shape index (κ3) is 4.55. The van der Waals surface area contributed by atoms with Gasteiger partial charge in [0.2, 0.25) is 5.91 Å². The van der Waals surface area contributed by atoms with E-state index >= 15 is 0 Å². The van der Waals surface area contributed by atoms with Crippen molar-refractivity contribution < 1.29 is 4.79 Å². The number of aromatic nitrogens is 1. The lowest BCUT2D eigenvalue weighted by Gasteiger charge is -2.26. The first-order chi connectivity index (χ1) is 10.8. The zero-order valence-corrected chi connectivity index (χ0v) is 14.5. The summed E-state index contributed by atoms with van der Waals surface area (Å²) < 4.78 is 0. The number of pyridine rings is 1. The summed E-state index contributed by atoms with van der Waals surface area (Å²) in [5.74, 6) is -0.0435. The summed E-state index contributed by atoms with van der Waals surface area (Å²) in [6.07, 6.45) is 1.82. The zero-order chi connectivity index (χ0) is 17.0. The lowest BCUT2D eigenvalue weighted by atomic mass is 10.0. The van der Waals surface area contributed by atoms with E-state index in [0.717, 1.165) is 22.5 Å². The number of carbonyl (C=O) groups excluding carboxylic acids is 1. The molecule has 1 amide bonds. The van der Waals surface area contributed by atoms with Gasteiger partial charge in [0.1, 0.15) is 5.54 Å². The zero-order valence-electron chi connectivity index (χ0n) is 14.5. The molecule has 0 saturated carbocycles. The number of hydrogen-bond donors (Lipinski definition) is 2. The van der Waals surface area contributed by atoms with Crippen molar-refractivity contribution in [2.24, 2.45) is 0 Å². The standard InChI is InChI=1S/C19H25N3O/c1-13-6-8-17(9-7-13)22-19(4,5)18(23)21-12-16-11-20-15(3)10-14(16)2/h6-11,22H,12H2,1-5H3,(H,21,23). The minimum absolute atomic E-state index is 0.0435. The van der Waals surface area contributed by atoms with Gasteiger partial charge < -0.3 is 10.6 Å². The Balaban J connectivity index is 1.99. The van der Waals surface area contributed by atoms with Crippen LogP contribution in [0, 0.1) is 20.8 Å². The van der Waals surface area contributed by atoms with Crippen LogP contribution < -0.4 is 10.6 Å². The van der Waals surface area contributed by atoms with Crippen LogP contribution in [0.15, 0.2) is 36.5 Å². The van der Waals surface area contributed by atoms with Gasteiger partial charge in [-0.2, -0.15) is 0 Å². The van der Waals surface area contributed by atoms with Crippen LogP contribution in [0.25, 0.3) is 0 Å². The molecule has 0 bridgehead atoms. The molecule has 0 radical (unpaired) electrons. The van der Waals surface area contributed by atoms with E-state index in [0.29, 0.717) is 6.54 Å². The number of aryl methyl sites for hydroxylation is 3. The van der Waals surface area contributed by atoms with Crippen LogP contribution in [0.3, 0.4) is 0 Å². The predicted octanol–water partition coefficient (Wildman–Crippen LogP) is 3.51. The van der Waals surface area contributed by atoms with Gasteiger partial charge >= 0.3 is 0 Å². The molecule has 122 valence electrons. The highest BCUT2D eigenvalue weighted by Crippen LogP contribution is 2.16. The van der Waals surface area contributed by atoms with Crippen LogP contribution in [0.5, 0.6) is 0 Å². The molecule has 1 aromatic heterocycles. The molecule has 2 rings (SSSR count). The lowest BCUT2D eigenvalue weighted by molar-refractivity contribution is -0.124. The molecule has 0 fully saturated rings. The predicted molar refractivity (Wildman–Crippen MR) is 94.4 cm³/mol. The second kappa shape index (κ2) is 6.82. The number of amides is 1. The average Bonchev–Trinajstić information content (AvgIpc) is 2.48. The highest BCUT2D eigenvalue weighted by molar-refractivity contribution is 5.88. The van der Waals surface area contributed by atoms with Crippen LogP contribution in [0.2, 0.25) is 0 Å². The van der Waals surface area contributed by atoms with Gasteiger partial charge in [0, 0.05) is 24.1 Å². The van der Waals surface area contributed by atoms with Gasteiger partial charge in [0.05, 0.1) is 0 Å². The van der Waals surface area contributed by atoms with Gasteiger partial charge in [0.25, 0.3) is 0 Å². The van der Waals surface area contributed by atoms with E-state index in [-0.39, 0.29) is 5.91 Å². The maximum Gasteiger partial charge on any atom is 0.245 e. The minimum atomic E-state index is -0.693. The lowest BCUT2D eigenvalue weighted by Crippen LogP contribution is -2.47. The highest BCUT2D eigenvalue weighted by Gasteiger charge is 2.27. The number of carbonyl (C=O) groups is 1. The molecule has 0 spiro atoms. The van der Waals surface area contributed by atoms with Crippen molar-refractivity contribution in [3.8, 4) is 0 Å². The third-order valence-corrected chi connectivity index (χ3v) is 3.87. The average molecular weight is 311 g/mol. The Bertz CT molecular complexity index is 690. The summed E-state index contributed by atoms with van der Waals surface area (Å²) in [7, 11) is 0. The summed E-state index contributed by atoms with van der Waals surface area (Å²) in [5.41, 5.74) is 4.60. The normalized spacial score (nSPS) is 11.2. The molecule has 0 aliphatic carbocycles. The van der Waals surface area contributed by atoms with E-state index in [9.17, 15) is 4.79 Å². The largest absolute Gasteiger partial charge is 0.372 e. The quantitative estimate of drug-likeness (QED) is 0.888. The van der Waals surface area contributed by atoms with Crippen molar-refractivity contribution in [2.75, 3.05) is 5.32 Å². The van der Waals surface area contributed by atoms with Gasteiger partial charge in [-0.05, 0) is 63.9 Å². The summed E-state index contributed by atoms with van der Waals surface area (Å²) >= 11 is 0. The van der Waals surface area contributed by atoms with E-state index in [2.05, 4.69) is 15.6 Å². The van der Waals surface area contributed by atoms with E-state index in [1.807, 2.05) is 71.1 Å². The molecule has 0 aliphatic heterocycles. The number of hydrogen-bond acceptors (Lipinski definition) is 3. The minimum Gasteiger partial charge on any atom is -0.372 e. The smallest absolute Gasteiger partial charge is 0.245 e. The Morgan fingerprint density at radius 1 is 1.13 bits per heavy atom. The number of benzene rings is 1. The fourth-order valence-corrected chi connectivity index (χ4v) is 2.36. The first kappa shape index (κ1) is 17.0. The summed E-state index contributed by atoms with van der Waals surface area (Å²) in [5, 5.41) is 6.27. The SMILES string of the molecule is Cc1ccc(NC(C)(C)C(=O)NCc2cnc(C)cc2C)cc1. The molecule has 0 aliphatic rings. The van der Waals surface area contributed by atoms with Gasteiger partial charge in [0.15, 0.2) is 0 Å². The highest BCUT2D eigenvalue weighted by atomic mass is 16.2. The van der Waals surface area contributed by atoms with E-state index in [4.69, 9.17) is 0 Å². The van der Waals surface area contributed by atoms with Gasteiger partial charge in [-0.3, -0.25) is 9.78 Å². The van der Waals surface area contributed by atoms with Crippen LogP contribution in [-0.2, 0) is 11.3 Å². The van der Waals surface area contributed by atoms with Crippen LogP contribution >= 0.6 is 0 Å². The van der Waals surface area contributed by atoms with Crippen molar-refractivity contribution >= 4 is 11.6 Å². The molecule has 2 aromatic rings. The summed E-state index contributed by atoms with van der Waals surface area (Å²) in [4.78, 5) is 16.8. The second-order valence-corrected chi connectivity index (χ2v) is 6.55. The number of anilines is 1. The van der Waals surface area contributed by atoms with Crippen molar-refractivity contribution in [2.45, 2.75) is 46.7 Å². The van der Waals surface area contributed by atoms with Crippen molar-refractivity contribution in [1.82, 2.24) is 10.3 Å². The van der Waals surface area contributed by atoms with Gasteiger partial charge in [-0.15, -0.1) is 0 Å². The molecule has 4 nitrogen and oxygen atoms in total. The third-order valence-electron chi connectivity index (χ3n) is 3.87. The molecular formula is C19H25N3O. The van der Waals surface area contributed by atoms with Crippen LogP contribution in [-0.4, -0.2) is 16.4 Å². The maximum atomic E-state index is 12.5. The van der Waals surface area contributed by atoms with Crippen molar-refractivity contribution in [3.05, 3.63) is 58.9 Å². The first-order valence-corrected chi connectivity index (χ1v) is 7.83. The van der Waals surface area contributed by atoms with Crippen LogP contribution in [0.4, 0.5) is 5.69 Å². The Labute approximate surface area is 138 Å². The molecular weight excluding hydrogens is 286 g/mol. The molecule has 2 N–H and O–H groups in total. The molecule has 23 heavy (non-hydrogen) atoms. The molecule has 1 heterocycles. The molecule has 0 saturated heterocycles. The Kier molecular flexibility index (Phi) is 5.04. The van der Waals surface area contributed by atoms with E-state index in [1.54, 1.807) is 0 Å². The Morgan fingerprint density at radius 3 is 2.39 bits per heavy atom. The fourth-order valence-electron chi connectivity index (χ4n) is 2.36.